The zero-order chi connectivity index (χ0) is 20.7. The number of benzene rings is 1. The van der Waals surface area contributed by atoms with Gasteiger partial charge in [-0.25, -0.2) is 0 Å². The molecule has 1 saturated heterocycles. The Morgan fingerprint density at radius 2 is 2.03 bits per heavy atom. The number of halogens is 3. The number of guanidine groups is 1. The van der Waals surface area contributed by atoms with E-state index in [4.69, 9.17) is 4.52 Å². The van der Waals surface area contributed by atoms with Crippen molar-refractivity contribution in [3.63, 3.8) is 0 Å². The highest BCUT2D eigenvalue weighted by molar-refractivity contribution is 5.80. The van der Waals surface area contributed by atoms with E-state index < -0.39 is 11.7 Å². The van der Waals surface area contributed by atoms with Gasteiger partial charge < -0.3 is 14.7 Å². The summed E-state index contributed by atoms with van der Waals surface area (Å²) < 4.78 is 43.1. The molecule has 0 spiro atoms. The third-order valence-electron chi connectivity index (χ3n) is 4.52. The van der Waals surface area contributed by atoms with Crippen molar-refractivity contribution in [2.75, 3.05) is 39.8 Å². The van der Waals surface area contributed by atoms with Gasteiger partial charge in [0.2, 0.25) is 0 Å². The highest BCUT2D eigenvalue weighted by Gasteiger charge is 2.30. The Bertz CT molecular complexity index is 876. The smallest absolute Gasteiger partial charge is 0.364 e. The zero-order valence-electron chi connectivity index (χ0n) is 16.0. The van der Waals surface area contributed by atoms with Crippen LogP contribution in [0.15, 0.2) is 46.1 Å². The maximum Gasteiger partial charge on any atom is 0.416 e. The van der Waals surface area contributed by atoms with E-state index in [1.165, 1.54) is 6.07 Å². The lowest BCUT2D eigenvalue weighted by Gasteiger charge is -2.35. The van der Waals surface area contributed by atoms with Crippen molar-refractivity contribution in [1.29, 1.82) is 0 Å². The van der Waals surface area contributed by atoms with Gasteiger partial charge in [0.25, 0.3) is 0 Å². The summed E-state index contributed by atoms with van der Waals surface area (Å²) in [4.78, 5) is 8.69. The van der Waals surface area contributed by atoms with E-state index in [1.54, 1.807) is 19.4 Å². The van der Waals surface area contributed by atoms with E-state index in [0.717, 1.165) is 56.5 Å². The lowest BCUT2D eigenvalue weighted by atomic mass is 10.1. The molecule has 6 nitrogen and oxygen atoms in total. The Morgan fingerprint density at radius 1 is 1.24 bits per heavy atom. The average Bonchev–Trinajstić information content (AvgIpc) is 3.22. The number of hydrogen-bond acceptors (Lipinski definition) is 4. The molecule has 0 amide bonds. The second-order valence-electron chi connectivity index (χ2n) is 6.54. The van der Waals surface area contributed by atoms with E-state index in [-0.39, 0.29) is 0 Å². The first-order valence-corrected chi connectivity index (χ1v) is 9.19. The number of rotatable bonds is 3. The summed E-state index contributed by atoms with van der Waals surface area (Å²) in [6.07, 6.45) is -2.80. The number of nitrogens with one attached hydrogen (secondary N) is 1. The number of aromatic nitrogens is 1. The molecule has 2 aromatic rings. The summed E-state index contributed by atoms with van der Waals surface area (Å²) in [5.41, 5.74) is 0.542. The van der Waals surface area contributed by atoms with Gasteiger partial charge in [-0.2, -0.15) is 13.2 Å². The van der Waals surface area contributed by atoms with Crippen molar-refractivity contribution < 1.29 is 17.7 Å². The molecule has 0 radical (unpaired) electrons. The van der Waals surface area contributed by atoms with Crippen molar-refractivity contribution in [2.45, 2.75) is 12.7 Å². The van der Waals surface area contributed by atoms with Crippen LogP contribution in [0.2, 0.25) is 0 Å². The SMILES string of the molecule is CN=C(NCC#Cc1cccc(C(F)(F)F)c1)N1CCN(Cc2ccon2)CC1. The fourth-order valence-corrected chi connectivity index (χ4v) is 3.04. The van der Waals surface area contributed by atoms with Gasteiger partial charge in [0.1, 0.15) is 6.26 Å². The molecule has 1 aliphatic rings. The van der Waals surface area contributed by atoms with Crippen molar-refractivity contribution in [3.05, 3.63) is 53.4 Å². The monoisotopic (exact) mass is 405 g/mol. The topological polar surface area (TPSA) is 56.9 Å². The number of piperazine rings is 1. The van der Waals surface area contributed by atoms with Gasteiger partial charge in [0.05, 0.1) is 17.8 Å². The first-order valence-electron chi connectivity index (χ1n) is 9.19. The maximum atomic E-state index is 12.8. The molecule has 29 heavy (non-hydrogen) atoms. The predicted molar refractivity (Wildman–Crippen MR) is 103 cm³/mol. The van der Waals surface area contributed by atoms with Gasteiger partial charge in [-0.1, -0.05) is 23.1 Å². The van der Waals surface area contributed by atoms with Crippen LogP contribution in [0.5, 0.6) is 0 Å². The van der Waals surface area contributed by atoms with Gasteiger partial charge in [-0.3, -0.25) is 9.89 Å². The Hall–Kier alpha value is -2.99. The summed E-state index contributed by atoms with van der Waals surface area (Å²) in [5, 5.41) is 7.08. The number of alkyl halides is 3. The third kappa shape index (κ3) is 5.99. The summed E-state index contributed by atoms with van der Waals surface area (Å²) in [5.74, 6) is 6.35. The van der Waals surface area contributed by atoms with Crippen LogP contribution < -0.4 is 5.32 Å². The molecule has 154 valence electrons. The fourth-order valence-electron chi connectivity index (χ4n) is 3.04. The van der Waals surface area contributed by atoms with Crippen molar-refractivity contribution >= 4 is 5.96 Å². The standard InChI is InChI=1S/C20H22F3N5O/c1-24-19(28-11-9-27(10-12-28)15-18-7-13-29-26-18)25-8-3-5-16-4-2-6-17(14-16)20(21,22)23/h2,4,6-7,13-14H,8-12,15H2,1H3,(H,24,25). The lowest BCUT2D eigenvalue weighted by molar-refractivity contribution is -0.137. The van der Waals surface area contributed by atoms with E-state index in [0.29, 0.717) is 12.1 Å². The van der Waals surface area contributed by atoms with Gasteiger partial charge >= 0.3 is 6.18 Å². The molecule has 9 heteroatoms. The molecule has 1 N–H and O–H groups in total. The van der Waals surface area contributed by atoms with E-state index in [2.05, 4.69) is 37.1 Å². The van der Waals surface area contributed by atoms with Crippen LogP contribution in [0.4, 0.5) is 13.2 Å². The number of aliphatic imine (C=N–C) groups is 1. The Balaban J connectivity index is 1.48. The second kappa shape index (κ2) is 9.47. The van der Waals surface area contributed by atoms with Gasteiger partial charge in [0.15, 0.2) is 5.96 Å². The summed E-state index contributed by atoms with van der Waals surface area (Å²) >= 11 is 0. The van der Waals surface area contributed by atoms with Crippen molar-refractivity contribution in [3.8, 4) is 11.8 Å². The molecule has 1 aromatic heterocycles. The normalized spacial score (nSPS) is 15.7. The van der Waals surface area contributed by atoms with E-state index in [9.17, 15) is 13.2 Å². The van der Waals surface area contributed by atoms with Crippen molar-refractivity contribution in [1.82, 2.24) is 20.3 Å². The van der Waals surface area contributed by atoms with Crippen molar-refractivity contribution in [2.24, 2.45) is 4.99 Å². The zero-order valence-corrected chi connectivity index (χ0v) is 16.0. The van der Waals surface area contributed by atoms with Gasteiger partial charge in [-0.15, -0.1) is 0 Å². The minimum absolute atomic E-state index is 0.294. The van der Waals surface area contributed by atoms with Gasteiger partial charge in [0, 0.05) is 51.4 Å². The number of hydrogen-bond donors (Lipinski definition) is 1. The fraction of sp³-hybridized carbons (Fsp3) is 0.400. The molecule has 0 unspecified atom stereocenters. The van der Waals surface area contributed by atoms with Gasteiger partial charge in [-0.05, 0) is 18.2 Å². The highest BCUT2D eigenvalue weighted by Crippen LogP contribution is 2.29. The Morgan fingerprint density at radius 3 is 2.69 bits per heavy atom. The van der Waals surface area contributed by atoms with Crippen LogP contribution in [0.3, 0.4) is 0 Å². The molecule has 1 aromatic carbocycles. The minimum Gasteiger partial charge on any atom is -0.364 e. The van der Waals surface area contributed by atoms with Crippen LogP contribution in [0, 0.1) is 11.8 Å². The van der Waals surface area contributed by atoms with E-state index >= 15 is 0 Å². The summed E-state index contributed by atoms with van der Waals surface area (Å²) in [6, 6.07) is 6.86. The summed E-state index contributed by atoms with van der Waals surface area (Å²) in [6.45, 7) is 4.38. The van der Waals surface area contributed by atoms with Crippen LogP contribution >= 0.6 is 0 Å². The molecule has 2 heterocycles. The maximum absolute atomic E-state index is 12.8. The largest absolute Gasteiger partial charge is 0.416 e. The molecule has 0 bridgehead atoms. The van der Waals surface area contributed by atoms with Crippen LogP contribution in [-0.2, 0) is 12.7 Å². The molecular formula is C20H22F3N5O. The minimum atomic E-state index is -4.37. The first kappa shape index (κ1) is 20.7. The lowest BCUT2D eigenvalue weighted by Crippen LogP contribution is -2.52. The highest BCUT2D eigenvalue weighted by atomic mass is 19.4. The van der Waals surface area contributed by atoms with Crippen LogP contribution in [0.1, 0.15) is 16.8 Å². The van der Waals surface area contributed by atoms with Crippen LogP contribution in [0.25, 0.3) is 0 Å². The Kier molecular flexibility index (Phi) is 6.77. The molecule has 0 saturated carbocycles. The average molecular weight is 405 g/mol. The first-order chi connectivity index (χ1) is 14.0. The molecule has 1 aliphatic heterocycles. The Labute approximate surface area is 167 Å². The van der Waals surface area contributed by atoms with Crippen LogP contribution in [-0.4, -0.2) is 60.7 Å². The third-order valence-corrected chi connectivity index (χ3v) is 4.52. The quantitative estimate of drug-likeness (QED) is 0.483. The number of nitrogens with zero attached hydrogens (tertiary/aromatic N) is 4. The molecule has 0 aliphatic carbocycles. The molecule has 0 atom stereocenters. The molecular weight excluding hydrogens is 383 g/mol. The van der Waals surface area contributed by atoms with E-state index in [1.807, 2.05) is 6.07 Å². The molecule has 3 rings (SSSR count). The molecule has 1 fully saturated rings. The summed E-state index contributed by atoms with van der Waals surface area (Å²) in [7, 11) is 1.70. The second-order valence-corrected chi connectivity index (χ2v) is 6.54. The predicted octanol–water partition coefficient (Wildman–Crippen LogP) is 2.44.